The molecule has 0 bridgehead atoms. The van der Waals surface area contributed by atoms with Gasteiger partial charge >= 0.3 is 0 Å². The van der Waals surface area contributed by atoms with Gasteiger partial charge in [-0.15, -0.1) is 0 Å². The Balaban J connectivity index is 1.51. The summed E-state index contributed by atoms with van der Waals surface area (Å²) in [5, 5.41) is 3.51. The lowest BCUT2D eigenvalue weighted by molar-refractivity contribution is -0.113. The molecule has 0 saturated carbocycles. The summed E-state index contributed by atoms with van der Waals surface area (Å²) in [6, 6.07) is 14.3. The van der Waals surface area contributed by atoms with Gasteiger partial charge in [0, 0.05) is 17.4 Å². The molecule has 2 N–H and O–H groups in total. The van der Waals surface area contributed by atoms with Gasteiger partial charge in [-0.1, -0.05) is 42.1 Å². The molecule has 0 radical (unpaired) electrons. The summed E-state index contributed by atoms with van der Waals surface area (Å²) in [5.41, 5.74) is 4.96. The zero-order valence-corrected chi connectivity index (χ0v) is 15.9. The van der Waals surface area contributed by atoms with Crippen LogP contribution in [0.4, 0.5) is 10.1 Å². The zero-order valence-electron chi connectivity index (χ0n) is 15.1. The summed E-state index contributed by atoms with van der Waals surface area (Å²) < 4.78 is 13.2. The second-order valence-electron chi connectivity index (χ2n) is 6.27. The highest BCUT2D eigenvalue weighted by Crippen LogP contribution is 2.31. The van der Waals surface area contributed by atoms with Crippen molar-refractivity contribution in [1.82, 2.24) is 15.0 Å². The number of rotatable bonds is 5. The zero-order chi connectivity index (χ0) is 19.5. The van der Waals surface area contributed by atoms with Crippen LogP contribution in [0.15, 0.2) is 66.1 Å². The van der Waals surface area contributed by atoms with Crippen molar-refractivity contribution in [3.63, 3.8) is 0 Å². The van der Waals surface area contributed by atoms with Crippen molar-refractivity contribution in [2.24, 2.45) is 0 Å². The fourth-order valence-electron chi connectivity index (χ4n) is 2.95. The minimum atomic E-state index is -0.325. The van der Waals surface area contributed by atoms with Crippen molar-refractivity contribution in [2.45, 2.75) is 11.9 Å². The number of benzene rings is 2. The number of fused-ring (bicyclic) bond motifs is 1. The van der Waals surface area contributed by atoms with Crippen LogP contribution in [0.25, 0.3) is 22.2 Å². The number of amides is 1. The first-order valence-corrected chi connectivity index (χ1v) is 9.66. The van der Waals surface area contributed by atoms with Gasteiger partial charge in [0.25, 0.3) is 0 Å². The largest absolute Gasteiger partial charge is 0.357 e. The number of aromatic nitrogens is 3. The summed E-state index contributed by atoms with van der Waals surface area (Å²) in [6.45, 7) is 1.75. The molecule has 140 valence electrons. The predicted molar refractivity (Wildman–Crippen MR) is 110 cm³/mol. The van der Waals surface area contributed by atoms with Crippen LogP contribution in [-0.4, -0.2) is 26.6 Å². The first-order chi connectivity index (χ1) is 13.6. The molecule has 2 aromatic heterocycles. The van der Waals surface area contributed by atoms with E-state index >= 15 is 0 Å². The Morgan fingerprint density at radius 1 is 1.18 bits per heavy atom. The van der Waals surface area contributed by atoms with Crippen LogP contribution < -0.4 is 5.32 Å². The van der Waals surface area contributed by atoms with Gasteiger partial charge in [-0.2, -0.15) is 0 Å². The number of aryl methyl sites for hydroxylation is 1. The third kappa shape index (κ3) is 3.75. The fraction of sp³-hybridized carbons (Fsp3) is 0.0952. The highest BCUT2D eigenvalue weighted by atomic mass is 32.2. The Bertz CT molecular complexity index is 1140. The maximum absolute atomic E-state index is 13.2. The van der Waals surface area contributed by atoms with Crippen molar-refractivity contribution >= 4 is 34.4 Å². The van der Waals surface area contributed by atoms with E-state index in [0.29, 0.717) is 16.3 Å². The molecule has 0 fully saturated rings. The molecule has 0 unspecified atom stereocenters. The Kier molecular flexibility index (Phi) is 5.08. The van der Waals surface area contributed by atoms with Crippen LogP contribution in [0.5, 0.6) is 0 Å². The number of H-pyrrole nitrogens is 1. The van der Waals surface area contributed by atoms with E-state index in [1.807, 2.05) is 36.5 Å². The molecular formula is C21H17FN4OS. The van der Waals surface area contributed by atoms with Crippen molar-refractivity contribution in [3.05, 3.63) is 72.4 Å². The number of carbonyl (C=O) groups is 1. The SMILES string of the molecule is Cc1cc(F)ccc1NC(=O)CSc1ncnc2c(-c3ccccc3)c[nH]c12. The molecule has 7 heteroatoms. The maximum atomic E-state index is 13.2. The van der Waals surface area contributed by atoms with E-state index in [9.17, 15) is 9.18 Å². The van der Waals surface area contributed by atoms with E-state index in [-0.39, 0.29) is 17.5 Å². The van der Waals surface area contributed by atoms with Crippen LogP contribution in [0.2, 0.25) is 0 Å². The van der Waals surface area contributed by atoms with Gasteiger partial charge in [-0.25, -0.2) is 14.4 Å². The molecule has 5 nitrogen and oxygen atoms in total. The molecule has 0 spiro atoms. The monoisotopic (exact) mass is 392 g/mol. The van der Waals surface area contributed by atoms with E-state index < -0.39 is 0 Å². The lowest BCUT2D eigenvalue weighted by atomic mass is 10.1. The third-order valence-electron chi connectivity index (χ3n) is 4.32. The Morgan fingerprint density at radius 2 is 2.00 bits per heavy atom. The number of aromatic amines is 1. The lowest BCUT2D eigenvalue weighted by Crippen LogP contribution is -2.15. The molecule has 0 aliphatic heterocycles. The molecule has 2 aromatic carbocycles. The fourth-order valence-corrected chi connectivity index (χ4v) is 3.71. The minimum absolute atomic E-state index is 0.179. The lowest BCUT2D eigenvalue weighted by Gasteiger charge is -2.08. The highest BCUT2D eigenvalue weighted by molar-refractivity contribution is 8.00. The van der Waals surface area contributed by atoms with E-state index in [0.717, 1.165) is 22.2 Å². The second kappa shape index (κ2) is 7.82. The first-order valence-electron chi connectivity index (χ1n) is 8.68. The highest BCUT2D eigenvalue weighted by Gasteiger charge is 2.14. The van der Waals surface area contributed by atoms with Gasteiger partial charge in [0.1, 0.15) is 22.7 Å². The van der Waals surface area contributed by atoms with E-state index in [1.54, 1.807) is 13.0 Å². The smallest absolute Gasteiger partial charge is 0.234 e. The molecule has 2 heterocycles. The summed E-state index contributed by atoms with van der Waals surface area (Å²) in [4.78, 5) is 24.2. The maximum Gasteiger partial charge on any atom is 0.234 e. The quantitative estimate of drug-likeness (QED) is 0.378. The number of nitrogens with zero attached hydrogens (tertiary/aromatic N) is 2. The summed E-state index contributed by atoms with van der Waals surface area (Å²) in [7, 11) is 0. The number of nitrogens with one attached hydrogen (secondary N) is 2. The molecule has 0 saturated heterocycles. The Morgan fingerprint density at radius 3 is 2.79 bits per heavy atom. The second-order valence-corrected chi connectivity index (χ2v) is 7.23. The average Bonchev–Trinajstić information content (AvgIpc) is 3.14. The van der Waals surface area contributed by atoms with Crippen LogP contribution in [0, 0.1) is 12.7 Å². The molecule has 0 atom stereocenters. The number of halogens is 1. The number of carbonyl (C=O) groups excluding carboxylic acids is 1. The van der Waals surface area contributed by atoms with Gasteiger partial charge < -0.3 is 10.3 Å². The molecule has 0 aliphatic rings. The third-order valence-corrected chi connectivity index (χ3v) is 5.31. The van der Waals surface area contributed by atoms with Crippen LogP contribution in [-0.2, 0) is 4.79 Å². The van der Waals surface area contributed by atoms with E-state index in [1.165, 1.54) is 30.2 Å². The first kappa shape index (κ1) is 18.2. The standard InChI is InChI=1S/C21H17FN4OS/c1-13-9-15(22)7-8-17(13)26-18(27)11-28-21-20-19(24-12-25-21)16(10-23-20)14-5-3-2-4-6-14/h2-10,12,23H,11H2,1H3,(H,26,27). The summed E-state index contributed by atoms with van der Waals surface area (Å²) >= 11 is 1.33. The minimum Gasteiger partial charge on any atom is -0.357 e. The van der Waals surface area contributed by atoms with Gasteiger partial charge in [-0.05, 0) is 36.2 Å². The Hall–Kier alpha value is -3.19. The predicted octanol–water partition coefficient (Wildman–Crippen LogP) is 4.80. The van der Waals surface area contributed by atoms with Gasteiger partial charge in [-0.3, -0.25) is 4.79 Å². The number of hydrogen-bond acceptors (Lipinski definition) is 4. The van der Waals surface area contributed by atoms with Crippen LogP contribution >= 0.6 is 11.8 Å². The van der Waals surface area contributed by atoms with Gasteiger partial charge in [0.05, 0.1) is 11.3 Å². The van der Waals surface area contributed by atoms with E-state index in [2.05, 4.69) is 20.3 Å². The normalized spacial score (nSPS) is 10.9. The molecule has 1 amide bonds. The van der Waals surface area contributed by atoms with Crippen LogP contribution in [0.1, 0.15) is 5.56 Å². The molecule has 28 heavy (non-hydrogen) atoms. The van der Waals surface area contributed by atoms with Gasteiger partial charge in [0.2, 0.25) is 5.91 Å². The molecule has 0 aliphatic carbocycles. The van der Waals surface area contributed by atoms with Crippen molar-refractivity contribution in [2.75, 3.05) is 11.1 Å². The molecular weight excluding hydrogens is 375 g/mol. The Labute approximate surface area is 165 Å². The van der Waals surface area contributed by atoms with Crippen LogP contribution in [0.3, 0.4) is 0 Å². The number of anilines is 1. The molecule has 4 aromatic rings. The summed E-state index contributed by atoms with van der Waals surface area (Å²) in [5.74, 6) is -0.321. The van der Waals surface area contributed by atoms with E-state index in [4.69, 9.17) is 0 Å². The van der Waals surface area contributed by atoms with Crippen molar-refractivity contribution in [1.29, 1.82) is 0 Å². The van der Waals surface area contributed by atoms with Crippen molar-refractivity contribution in [3.8, 4) is 11.1 Å². The molecule has 4 rings (SSSR count). The van der Waals surface area contributed by atoms with Crippen molar-refractivity contribution < 1.29 is 9.18 Å². The van der Waals surface area contributed by atoms with Gasteiger partial charge in [0.15, 0.2) is 0 Å². The average molecular weight is 392 g/mol. The number of hydrogen-bond donors (Lipinski definition) is 2. The number of thioether (sulfide) groups is 1. The summed E-state index contributed by atoms with van der Waals surface area (Å²) in [6.07, 6.45) is 3.41. The topological polar surface area (TPSA) is 70.7 Å².